The highest BCUT2D eigenvalue weighted by Crippen LogP contribution is 2.10. The Kier molecular flexibility index (Phi) is 7.62. The zero-order chi connectivity index (χ0) is 13.9. The highest BCUT2D eigenvalue weighted by Gasteiger charge is 2.12. The van der Waals surface area contributed by atoms with E-state index in [-0.39, 0.29) is 18.7 Å². The quantitative estimate of drug-likeness (QED) is 0.624. The van der Waals surface area contributed by atoms with Gasteiger partial charge in [-0.15, -0.1) is 0 Å². The molecule has 0 spiro atoms. The molecule has 5 nitrogen and oxygen atoms in total. The third-order valence-electron chi connectivity index (χ3n) is 2.64. The van der Waals surface area contributed by atoms with Gasteiger partial charge in [0.15, 0.2) is 0 Å². The van der Waals surface area contributed by atoms with Crippen LogP contribution in [0.25, 0.3) is 0 Å². The van der Waals surface area contributed by atoms with Gasteiger partial charge in [-0.2, -0.15) is 0 Å². The van der Waals surface area contributed by atoms with Crippen molar-refractivity contribution in [2.45, 2.75) is 19.4 Å². The monoisotopic (exact) mass is 266 g/mol. The summed E-state index contributed by atoms with van der Waals surface area (Å²) in [6, 6.07) is 8.73. The Hall–Kier alpha value is -1.59. The predicted octanol–water partition coefficient (Wildman–Crippen LogP) is 1.45. The minimum Gasteiger partial charge on any atom is -0.394 e. The van der Waals surface area contributed by atoms with Crippen LogP contribution < -0.4 is 10.6 Å². The van der Waals surface area contributed by atoms with E-state index >= 15 is 0 Å². The first kappa shape index (κ1) is 15.5. The van der Waals surface area contributed by atoms with Crippen LogP contribution in [0.2, 0.25) is 0 Å². The number of nitrogens with one attached hydrogen (secondary N) is 2. The Morgan fingerprint density at radius 3 is 2.74 bits per heavy atom. The molecule has 0 aromatic heterocycles. The van der Waals surface area contributed by atoms with Gasteiger partial charge in [0.25, 0.3) is 0 Å². The standard InChI is InChI=1S/C14H22N2O3/c1-2-19-10-6-9-15-14(18)16-13(11-17)12-7-4-3-5-8-12/h3-5,7-8,13,17H,2,6,9-11H2,1H3,(H2,15,16,18). The van der Waals surface area contributed by atoms with E-state index in [1.807, 2.05) is 37.3 Å². The van der Waals surface area contributed by atoms with E-state index in [0.717, 1.165) is 12.0 Å². The molecule has 5 heteroatoms. The molecule has 1 aromatic rings. The average Bonchev–Trinajstić information content (AvgIpc) is 2.45. The first-order valence-corrected chi connectivity index (χ1v) is 6.55. The summed E-state index contributed by atoms with van der Waals surface area (Å²) in [7, 11) is 0. The van der Waals surface area contributed by atoms with E-state index in [1.54, 1.807) is 0 Å². The molecule has 0 bridgehead atoms. The van der Waals surface area contributed by atoms with Crippen LogP contribution in [0, 0.1) is 0 Å². The summed E-state index contributed by atoms with van der Waals surface area (Å²) in [6.07, 6.45) is 0.774. The van der Waals surface area contributed by atoms with Crippen LogP contribution in [-0.2, 0) is 4.74 Å². The van der Waals surface area contributed by atoms with E-state index in [9.17, 15) is 9.90 Å². The zero-order valence-electron chi connectivity index (χ0n) is 11.3. The Morgan fingerprint density at radius 1 is 1.37 bits per heavy atom. The van der Waals surface area contributed by atoms with Gasteiger partial charge in [-0.25, -0.2) is 4.79 Å². The van der Waals surface area contributed by atoms with E-state index in [4.69, 9.17) is 4.74 Å². The van der Waals surface area contributed by atoms with Crippen molar-refractivity contribution in [1.82, 2.24) is 10.6 Å². The molecule has 0 aliphatic carbocycles. The Balaban J connectivity index is 2.30. The molecule has 0 heterocycles. The summed E-state index contributed by atoms with van der Waals surface area (Å²) in [5.74, 6) is 0. The number of hydrogen-bond acceptors (Lipinski definition) is 3. The van der Waals surface area contributed by atoms with Crippen LogP contribution in [-0.4, -0.2) is 37.5 Å². The SMILES string of the molecule is CCOCCCNC(=O)NC(CO)c1ccccc1. The van der Waals surface area contributed by atoms with Crippen LogP contribution in [0.4, 0.5) is 4.79 Å². The molecule has 0 fully saturated rings. The van der Waals surface area contributed by atoms with Crippen molar-refractivity contribution in [1.29, 1.82) is 0 Å². The van der Waals surface area contributed by atoms with Crippen molar-refractivity contribution in [3.05, 3.63) is 35.9 Å². The molecule has 1 aromatic carbocycles. The topological polar surface area (TPSA) is 70.6 Å². The maximum atomic E-state index is 11.6. The third-order valence-corrected chi connectivity index (χ3v) is 2.64. The molecule has 106 valence electrons. The van der Waals surface area contributed by atoms with Crippen LogP contribution in [0.15, 0.2) is 30.3 Å². The minimum atomic E-state index is -0.381. The van der Waals surface area contributed by atoms with Crippen LogP contribution in [0.1, 0.15) is 24.9 Å². The van der Waals surface area contributed by atoms with E-state index in [2.05, 4.69) is 10.6 Å². The second-order valence-electron chi connectivity index (χ2n) is 4.10. The molecule has 0 aliphatic heterocycles. The molecular weight excluding hydrogens is 244 g/mol. The molecule has 0 aliphatic rings. The van der Waals surface area contributed by atoms with Crippen molar-refractivity contribution in [3.63, 3.8) is 0 Å². The van der Waals surface area contributed by atoms with E-state index < -0.39 is 0 Å². The van der Waals surface area contributed by atoms with E-state index in [1.165, 1.54) is 0 Å². The predicted molar refractivity (Wildman–Crippen MR) is 73.9 cm³/mol. The minimum absolute atomic E-state index is 0.129. The lowest BCUT2D eigenvalue weighted by atomic mass is 10.1. The molecule has 3 N–H and O–H groups in total. The number of urea groups is 1. The number of hydrogen-bond donors (Lipinski definition) is 3. The molecular formula is C14H22N2O3. The van der Waals surface area contributed by atoms with Crippen molar-refractivity contribution in [2.24, 2.45) is 0 Å². The van der Waals surface area contributed by atoms with Crippen molar-refractivity contribution >= 4 is 6.03 Å². The van der Waals surface area contributed by atoms with Gasteiger partial charge in [-0.05, 0) is 18.9 Å². The number of rotatable bonds is 8. The maximum absolute atomic E-state index is 11.6. The van der Waals surface area contributed by atoms with Gasteiger partial charge < -0.3 is 20.5 Å². The van der Waals surface area contributed by atoms with Gasteiger partial charge in [0, 0.05) is 19.8 Å². The van der Waals surface area contributed by atoms with Gasteiger partial charge in [-0.1, -0.05) is 30.3 Å². The summed E-state index contributed by atoms with van der Waals surface area (Å²) in [5.41, 5.74) is 0.884. The highest BCUT2D eigenvalue weighted by atomic mass is 16.5. The maximum Gasteiger partial charge on any atom is 0.315 e. The molecule has 1 atom stereocenters. The summed E-state index contributed by atoms with van der Waals surface area (Å²) in [5, 5.41) is 14.8. The fourth-order valence-corrected chi connectivity index (χ4v) is 1.65. The smallest absolute Gasteiger partial charge is 0.315 e. The first-order valence-electron chi connectivity index (χ1n) is 6.55. The fraction of sp³-hybridized carbons (Fsp3) is 0.500. The van der Waals surface area contributed by atoms with Gasteiger partial charge >= 0.3 is 6.03 Å². The zero-order valence-corrected chi connectivity index (χ0v) is 11.3. The number of amides is 2. The van der Waals surface area contributed by atoms with Crippen LogP contribution in [0.3, 0.4) is 0 Å². The van der Waals surface area contributed by atoms with Gasteiger partial charge in [-0.3, -0.25) is 0 Å². The number of aliphatic hydroxyl groups is 1. The molecule has 0 radical (unpaired) electrons. The van der Waals surface area contributed by atoms with Crippen molar-refractivity contribution in [3.8, 4) is 0 Å². The number of carbonyl (C=O) groups excluding carboxylic acids is 1. The second kappa shape index (κ2) is 9.35. The average molecular weight is 266 g/mol. The molecule has 1 unspecified atom stereocenters. The lowest BCUT2D eigenvalue weighted by Crippen LogP contribution is -2.39. The number of aliphatic hydroxyl groups excluding tert-OH is 1. The fourth-order valence-electron chi connectivity index (χ4n) is 1.65. The summed E-state index contributed by atoms with van der Waals surface area (Å²) >= 11 is 0. The Labute approximate surface area is 114 Å². The first-order chi connectivity index (χ1) is 9.27. The van der Waals surface area contributed by atoms with Crippen molar-refractivity contribution in [2.75, 3.05) is 26.4 Å². The number of benzene rings is 1. The molecule has 2 amide bonds. The summed E-state index contributed by atoms with van der Waals surface area (Å²) in [6.45, 7) is 3.69. The van der Waals surface area contributed by atoms with Crippen LogP contribution in [0.5, 0.6) is 0 Å². The largest absolute Gasteiger partial charge is 0.394 e. The number of ether oxygens (including phenoxy) is 1. The second-order valence-corrected chi connectivity index (χ2v) is 4.10. The summed E-state index contributed by atoms with van der Waals surface area (Å²) in [4.78, 5) is 11.6. The lowest BCUT2D eigenvalue weighted by Gasteiger charge is -2.17. The third kappa shape index (κ3) is 6.22. The number of carbonyl (C=O) groups is 1. The van der Waals surface area contributed by atoms with Gasteiger partial charge in [0.05, 0.1) is 12.6 Å². The highest BCUT2D eigenvalue weighted by molar-refractivity contribution is 5.74. The Bertz CT molecular complexity index is 357. The normalized spacial score (nSPS) is 11.9. The van der Waals surface area contributed by atoms with Crippen LogP contribution >= 0.6 is 0 Å². The molecule has 0 saturated heterocycles. The van der Waals surface area contributed by atoms with Gasteiger partial charge in [0.2, 0.25) is 0 Å². The summed E-state index contributed by atoms with van der Waals surface area (Å²) < 4.78 is 5.18. The van der Waals surface area contributed by atoms with Gasteiger partial charge in [0.1, 0.15) is 0 Å². The molecule has 19 heavy (non-hydrogen) atoms. The van der Waals surface area contributed by atoms with Crippen molar-refractivity contribution < 1.29 is 14.6 Å². The Morgan fingerprint density at radius 2 is 2.11 bits per heavy atom. The molecule has 0 saturated carbocycles. The van der Waals surface area contributed by atoms with E-state index in [0.29, 0.717) is 19.8 Å². The molecule has 1 rings (SSSR count). The lowest BCUT2D eigenvalue weighted by molar-refractivity contribution is 0.145.